The van der Waals surface area contributed by atoms with Crippen molar-refractivity contribution >= 4 is 19.4 Å². The van der Waals surface area contributed by atoms with E-state index in [1.165, 1.54) is 0 Å². The van der Waals surface area contributed by atoms with Gasteiger partial charge in [-0.3, -0.25) is 0 Å². The van der Waals surface area contributed by atoms with E-state index in [1.54, 1.807) is 14.2 Å². The SMILES string of the molecule is C#C[Se]c1cc(OC)c(CCNCC)cc1OC. The molecule has 0 amide bonds. The van der Waals surface area contributed by atoms with E-state index >= 15 is 0 Å². The van der Waals surface area contributed by atoms with Crippen molar-refractivity contribution < 1.29 is 9.47 Å². The van der Waals surface area contributed by atoms with Crippen molar-refractivity contribution in [2.24, 2.45) is 0 Å². The van der Waals surface area contributed by atoms with E-state index in [4.69, 9.17) is 15.9 Å². The maximum absolute atomic E-state index is 5.42. The Labute approximate surface area is 115 Å². The van der Waals surface area contributed by atoms with Gasteiger partial charge in [0.25, 0.3) is 0 Å². The van der Waals surface area contributed by atoms with Crippen LogP contribution in [0.3, 0.4) is 0 Å². The third-order valence-electron chi connectivity index (χ3n) is 2.56. The Hall–Kier alpha value is -1.14. The molecule has 0 aliphatic carbocycles. The van der Waals surface area contributed by atoms with E-state index in [0.717, 1.165) is 41.0 Å². The quantitative estimate of drug-likeness (QED) is 0.458. The fourth-order valence-electron chi connectivity index (χ4n) is 1.67. The molecule has 1 aromatic carbocycles. The first-order chi connectivity index (χ1) is 8.76. The number of hydrogen-bond donors (Lipinski definition) is 1. The Balaban J connectivity index is 2.98. The Morgan fingerprint density at radius 2 is 2.00 bits per heavy atom. The van der Waals surface area contributed by atoms with Crippen LogP contribution in [-0.2, 0) is 6.42 Å². The summed E-state index contributed by atoms with van der Waals surface area (Å²) >= 11 is -0.0151. The molecule has 3 nitrogen and oxygen atoms in total. The topological polar surface area (TPSA) is 30.5 Å². The van der Waals surface area contributed by atoms with E-state index in [2.05, 4.69) is 17.1 Å². The molecule has 1 aromatic rings. The molecule has 98 valence electrons. The second-order valence-corrected chi connectivity index (χ2v) is 5.48. The van der Waals surface area contributed by atoms with Crippen molar-refractivity contribution in [3.8, 4) is 22.7 Å². The van der Waals surface area contributed by atoms with Crippen LogP contribution in [-0.4, -0.2) is 42.3 Å². The Bertz CT molecular complexity index is 427. The normalized spacial score (nSPS) is 9.89. The third-order valence-corrected chi connectivity index (χ3v) is 3.93. The van der Waals surface area contributed by atoms with E-state index in [9.17, 15) is 0 Å². The molecule has 0 unspecified atom stereocenters. The Kier molecular flexibility index (Phi) is 6.67. The van der Waals surface area contributed by atoms with Crippen LogP contribution in [0.25, 0.3) is 0 Å². The van der Waals surface area contributed by atoms with Gasteiger partial charge >= 0.3 is 115 Å². The summed E-state index contributed by atoms with van der Waals surface area (Å²) in [4.78, 5) is 2.70. The first-order valence-electron chi connectivity index (χ1n) is 5.84. The van der Waals surface area contributed by atoms with Crippen molar-refractivity contribution in [1.82, 2.24) is 5.32 Å². The molecule has 0 atom stereocenters. The van der Waals surface area contributed by atoms with Crippen LogP contribution < -0.4 is 19.3 Å². The summed E-state index contributed by atoms with van der Waals surface area (Å²) in [7, 11) is 3.36. The molecular weight excluding hydrogens is 293 g/mol. The summed E-state index contributed by atoms with van der Waals surface area (Å²) in [5.41, 5.74) is 1.15. The average molecular weight is 312 g/mol. The van der Waals surface area contributed by atoms with Crippen LogP contribution in [0, 0.1) is 11.2 Å². The van der Waals surface area contributed by atoms with Gasteiger partial charge in [-0.25, -0.2) is 0 Å². The molecule has 0 radical (unpaired) electrons. The molecular formula is C14H19NO2Se. The molecule has 0 aromatic heterocycles. The molecule has 0 saturated heterocycles. The first-order valence-corrected chi connectivity index (χ1v) is 7.56. The van der Waals surface area contributed by atoms with E-state index < -0.39 is 0 Å². The number of nitrogens with one attached hydrogen (secondary N) is 1. The van der Waals surface area contributed by atoms with Gasteiger partial charge in [0.15, 0.2) is 0 Å². The van der Waals surface area contributed by atoms with Crippen molar-refractivity contribution in [3.05, 3.63) is 17.7 Å². The Morgan fingerprint density at radius 3 is 2.56 bits per heavy atom. The van der Waals surface area contributed by atoms with Gasteiger partial charge in [0.05, 0.1) is 0 Å². The van der Waals surface area contributed by atoms with Gasteiger partial charge in [0.1, 0.15) is 0 Å². The molecule has 0 fully saturated rings. The van der Waals surface area contributed by atoms with Crippen LogP contribution in [0.5, 0.6) is 11.5 Å². The van der Waals surface area contributed by atoms with Gasteiger partial charge in [0.2, 0.25) is 0 Å². The third kappa shape index (κ3) is 3.96. The summed E-state index contributed by atoms with van der Waals surface area (Å²) in [6.45, 7) is 3.99. The predicted molar refractivity (Wildman–Crippen MR) is 76.0 cm³/mol. The van der Waals surface area contributed by atoms with Crippen molar-refractivity contribution in [3.63, 3.8) is 0 Å². The van der Waals surface area contributed by atoms with Gasteiger partial charge in [-0.05, 0) is 0 Å². The summed E-state index contributed by atoms with van der Waals surface area (Å²) < 4.78 is 11.9. The van der Waals surface area contributed by atoms with Crippen molar-refractivity contribution in [2.75, 3.05) is 27.3 Å². The van der Waals surface area contributed by atoms with Crippen LogP contribution in [0.1, 0.15) is 12.5 Å². The number of terminal acetylenes is 1. The van der Waals surface area contributed by atoms with Crippen LogP contribution in [0.15, 0.2) is 12.1 Å². The second kappa shape index (κ2) is 8.05. The summed E-state index contributed by atoms with van der Waals surface area (Å²) in [5, 5.41) is 3.30. The zero-order valence-corrected chi connectivity index (χ0v) is 12.8. The molecule has 0 saturated carbocycles. The molecule has 0 aliphatic rings. The monoisotopic (exact) mass is 313 g/mol. The molecule has 0 spiro atoms. The fraction of sp³-hybridized carbons (Fsp3) is 0.429. The number of hydrogen-bond acceptors (Lipinski definition) is 3. The fourth-order valence-corrected chi connectivity index (χ4v) is 2.80. The molecule has 18 heavy (non-hydrogen) atoms. The maximum atomic E-state index is 5.42. The summed E-state index contributed by atoms with van der Waals surface area (Å²) in [6.07, 6.45) is 6.30. The molecule has 4 heteroatoms. The van der Waals surface area contributed by atoms with Gasteiger partial charge in [0, 0.05) is 0 Å². The summed E-state index contributed by atoms with van der Waals surface area (Å²) in [6, 6.07) is 4.03. The number of ether oxygens (including phenoxy) is 2. The van der Waals surface area contributed by atoms with Crippen molar-refractivity contribution in [1.29, 1.82) is 0 Å². The molecule has 1 N–H and O–H groups in total. The minimum absolute atomic E-state index is 0.0151. The predicted octanol–water partition coefficient (Wildman–Crippen LogP) is 0.776. The van der Waals surface area contributed by atoms with Crippen LogP contribution in [0.2, 0.25) is 0 Å². The first kappa shape index (κ1) is 14.9. The standard InChI is InChI=1S/C14H19NO2Se/c1-5-15-8-7-11-9-13(17-4)14(18-6-2)10-12(11)16-3/h2,9-10,15H,5,7-8H2,1,3-4H3. The van der Waals surface area contributed by atoms with Gasteiger partial charge < -0.3 is 0 Å². The van der Waals surface area contributed by atoms with Crippen molar-refractivity contribution in [2.45, 2.75) is 13.3 Å². The van der Waals surface area contributed by atoms with Crippen LogP contribution in [0.4, 0.5) is 0 Å². The number of likely N-dealkylation sites (N-methyl/N-ethyl adjacent to an activating group) is 1. The number of benzene rings is 1. The zero-order valence-electron chi connectivity index (χ0n) is 11.1. The van der Waals surface area contributed by atoms with E-state index in [0.29, 0.717) is 0 Å². The van der Waals surface area contributed by atoms with Gasteiger partial charge in [-0.1, -0.05) is 0 Å². The number of rotatable bonds is 7. The molecule has 0 heterocycles. The minimum atomic E-state index is -0.0151. The van der Waals surface area contributed by atoms with Gasteiger partial charge in [-0.2, -0.15) is 0 Å². The van der Waals surface area contributed by atoms with E-state index in [1.807, 2.05) is 12.1 Å². The van der Waals surface area contributed by atoms with Gasteiger partial charge in [-0.15, -0.1) is 0 Å². The molecule has 1 rings (SSSR count). The average Bonchev–Trinajstić information content (AvgIpc) is 2.40. The molecule has 0 aliphatic heterocycles. The molecule has 0 bridgehead atoms. The second-order valence-electron chi connectivity index (χ2n) is 3.64. The number of methoxy groups -OCH3 is 2. The summed E-state index contributed by atoms with van der Waals surface area (Å²) in [5.74, 6) is 1.75. The Morgan fingerprint density at radius 1 is 1.28 bits per heavy atom. The van der Waals surface area contributed by atoms with E-state index in [-0.39, 0.29) is 15.0 Å². The zero-order chi connectivity index (χ0) is 13.4. The van der Waals surface area contributed by atoms with Crippen LogP contribution >= 0.6 is 0 Å².